The summed E-state index contributed by atoms with van der Waals surface area (Å²) in [4.78, 5) is 11.0. The molecule has 1 aromatic rings. The average Bonchev–Trinajstić information content (AvgIpc) is 2.72. The number of ether oxygens (including phenoxy) is 1. The van der Waals surface area contributed by atoms with E-state index in [-0.39, 0.29) is 13.0 Å². The number of hydrogen-bond donors (Lipinski definition) is 2. The van der Waals surface area contributed by atoms with Crippen molar-refractivity contribution in [3.8, 4) is 5.75 Å². The van der Waals surface area contributed by atoms with Crippen molar-refractivity contribution in [3.05, 3.63) is 34.8 Å². The first kappa shape index (κ1) is 19.5. The smallest absolute Gasteiger partial charge is 0.491 e. The number of methoxy groups -OCH3 is 1. The number of aliphatic carboxylic acids is 1. The van der Waals surface area contributed by atoms with Gasteiger partial charge in [-0.05, 0) is 50.9 Å². The van der Waals surface area contributed by atoms with E-state index in [4.69, 9.17) is 24.9 Å². The number of carboxylic acids is 1. The van der Waals surface area contributed by atoms with Crippen LogP contribution in [0, 0.1) is 0 Å². The number of benzene rings is 1. The summed E-state index contributed by atoms with van der Waals surface area (Å²) in [7, 11) is 0.992. The van der Waals surface area contributed by atoms with Gasteiger partial charge < -0.3 is 24.9 Å². The van der Waals surface area contributed by atoms with E-state index >= 15 is 0 Å². The molecule has 1 aliphatic rings. The fourth-order valence-electron chi connectivity index (χ4n) is 2.62. The lowest BCUT2D eigenvalue weighted by molar-refractivity contribution is -0.136. The van der Waals surface area contributed by atoms with Crippen molar-refractivity contribution in [1.29, 1.82) is 0 Å². The Morgan fingerprint density at radius 2 is 1.88 bits per heavy atom. The number of rotatable bonds is 6. The molecule has 2 rings (SSSR count). The van der Waals surface area contributed by atoms with Gasteiger partial charge in [0.25, 0.3) is 0 Å². The minimum absolute atomic E-state index is 0.112. The van der Waals surface area contributed by atoms with Crippen LogP contribution < -0.4 is 10.5 Å². The zero-order valence-electron chi connectivity index (χ0n) is 15.5. The molecule has 7 heteroatoms. The second-order valence-corrected chi connectivity index (χ2v) is 7.15. The molecule has 1 fully saturated rings. The molecule has 0 saturated carbocycles. The predicted molar refractivity (Wildman–Crippen MR) is 97.4 cm³/mol. The fourth-order valence-corrected chi connectivity index (χ4v) is 2.62. The van der Waals surface area contributed by atoms with E-state index in [1.165, 1.54) is 7.11 Å². The highest BCUT2D eigenvalue weighted by Crippen LogP contribution is 2.38. The molecular weight excluding hydrogens is 321 g/mol. The Hall–Kier alpha value is -1.83. The van der Waals surface area contributed by atoms with Gasteiger partial charge in [0, 0.05) is 12.1 Å². The molecule has 1 heterocycles. The summed E-state index contributed by atoms with van der Waals surface area (Å²) < 4.78 is 17.3. The highest BCUT2D eigenvalue weighted by molar-refractivity contribution is 6.55. The van der Waals surface area contributed by atoms with Crippen molar-refractivity contribution in [2.24, 2.45) is 5.73 Å². The summed E-state index contributed by atoms with van der Waals surface area (Å²) in [5.74, 6) is -0.367. The van der Waals surface area contributed by atoms with Crippen LogP contribution in [0.3, 0.4) is 0 Å². The van der Waals surface area contributed by atoms with E-state index in [9.17, 15) is 4.79 Å². The van der Waals surface area contributed by atoms with Gasteiger partial charge in [-0.25, -0.2) is 0 Å². The Morgan fingerprint density at radius 3 is 2.36 bits per heavy atom. The average molecular weight is 347 g/mol. The van der Waals surface area contributed by atoms with Crippen LogP contribution in [-0.4, -0.2) is 43.1 Å². The topological polar surface area (TPSA) is 91.0 Å². The Morgan fingerprint density at radius 1 is 1.28 bits per heavy atom. The number of carbonyl (C=O) groups is 1. The minimum atomic E-state index is -0.913. The first-order chi connectivity index (χ1) is 11.6. The monoisotopic (exact) mass is 347 g/mol. The van der Waals surface area contributed by atoms with Crippen LogP contribution in [0.2, 0.25) is 0 Å². The van der Waals surface area contributed by atoms with Crippen molar-refractivity contribution in [2.45, 2.75) is 45.3 Å². The summed E-state index contributed by atoms with van der Waals surface area (Å²) >= 11 is 0. The number of hydrogen-bond acceptors (Lipinski definition) is 5. The molecule has 0 aromatic heterocycles. The Balaban J connectivity index is 2.32. The molecule has 136 valence electrons. The zero-order chi connectivity index (χ0) is 18.8. The Kier molecular flexibility index (Phi) is 5.61. The lowest BCUT2D eigenvalue weighted by Gasteiger charge is -2.32. The van der Waals surface area contributed by atoms with Crippen LogP contribution >= 0.6 is 0 Å². The summed E-state index contributed by atoms with van der Waals surface area (Å²) in [5, 5.41) is 9.06. The van der Waals surface area contributed by atoms with Gasteiger partial charge in [0.15, 0.2) is 0 Å². The standard InChI is InChI=1S/C18H26BNO5/c1-17(2)18(3,4)25-19(24-17)14(11-20)9-12-6-7-15(23-5)13(8-12)10-16(21)22/h6-9H,10-11,20H2,1-5H3,(H,21,22). The van der Waals surface area contributed by atoms with E-state index in [1.54, 1.807) is 12.1 Å². The molecule has 0 aliphatic carbocycles. The molecule has 0 spiro atoms. The van der Waals surface area contributed by atoms with Crippen LogP contribution in [0.4, 0.5) is 0 Å². The molecule has 1 aromatic carbocycles. The molecule has 6 nitrogen and oxygen atoms in total. The van der Waals surface area contributed by atoms with Gasteiger partial charge in [0.2, 0.25) is 0 Å². The van der Waals surface area contributed by atoms with Crippen LogP contribution in [-0.2, 0) is 20.5 Å². The van der Waals surface area contributed by atoms with Gasteiger partial charge in [0.05, 0.1) is 24.7 Å². The molecule has 0 radical (unpaired) electrons. The molecule has 0 bridgehead atoms. The third-order valence-corrected chi connectivity index (χ3v) is 4.79. The van der Waals surface area contributed by atoms with Crippen molar-refractivity contribution < 1.29 is 23.9 Å². The maximum absolute atomic E-state index is 11.0. The number of nitrogens with two attached hydrogens (primary N) is 1. The summed E-state index contributed by atoms with van der Waals surface area (Å²) in [6.45, 7) is 8.22. The van der Waals surface area contributed by atoms with E-state index in [1.807, 2.05) is 39.8 Å². The molecule has 3 N–H and O–H groups in total. The second kappa shape index (κ2) is 7.19. The maximum Gasteiger partial charge on any atom is 0.491 e. The molecule has 0 unspecified atom stereocenters. The van der Waals surface area contributed by atoms with Gasteiger partial charge >= 0.3 is 13.1 Å². The highest BCUT2D eigenvalue weighted by Gasteiger charge is 2.52. The van der Waals surface area contributed by atoms with E-state index < -0.39 is 24.3 Å². The zero-order valence-corrected chi connectivity index (χ0v) is 15.5. The van der Waals surface area contributed by atoms with Crippen LogP contribution in [0.5, 0.6) is 5.75 Å². The van der Waals surface area contributed by atoms with Crippen LogP contribution in [0.15, 0.2) is 23.7 Å². The highest BCUT2D eigenvalue weighted by atomic mass is 16.7. The Bertz CT molecular complexity index is 668. The second-order valence-electron chi connectivity index (χ2n) is 7.15. The van der Waals surface area contributed by atoms with E-state index in [0.717, 1.165) is 11.0 Å². The first-order valence-corrected chi connectivity index (χ1v) is 8.24. The molecule has 0 amide bonds. The van der Waals surface area contributed by atoms with E-state index in [2.05, 4.69) is 0 Å². The van der Waals surface area contributed by atoms with Crippen molar-refractivity contribution >= 4 is 19.2 Å². The molecular formula is C18H26BNO5. The Labute approximate surface area is 149 Å². The quantitative estimate of drug-likeness (QED) is 0.768. The molecule has 25 heavy (non-hydrogen) atoms. The summed E-state index contributed by atoms with van der Waals surface area (Å²) in [6.07, 6.45) is 1.77. The van der Waals surface area contributed by atoms with Crippen molar-refractivity contribution in [2.75, 3.05) is 13.7 Å². The van der Waals surface area contributed by atoms with Gasteiger partial charge in [-0.15, -0.1) is 0 Å². The van der Waals surface area contributed by atoms with Crippen LogP contribution in [0.25, 0.3) is 6.08 Å². The molecule has 0 atom stereocenters. The lowest BCUT2D eigenvalue weighted by atomic mass is 9.77. The van der Waals surface area contributed by atoms with Gasteiger partial charge in [-0.2, -0.15) is 0 Å². The molecule has 1 saturated heterocycles. The van der Waals surface area contributed by atoms with Gasteiger partial charge in [0.1, 0.15) is 5.75 Å². The van der Waals surface area contributed by atoms with Gasteiger partial charge in [-0.1, -0.05) is 12.1 Å². The third kappa shape index (κ3) is 4.23. The number of carboxylic acid groups (broad SMARTS) is 1. The fraction of sp³-hybridized carbons (Fsp3) is 0.500. The third-order valence-electron chi connectivity index (χ3n) is 4.79. The lowest BCUT2D eigenvalue weighted by Crippen LogP contribution is -2.41. The summed E-state index contributed by atoms with van der Waals surface area (Å²) in [5.41, 5.74) is 7.25. The molecule has 1 aliphatic heterocycles. The van der Waals surface area contributed by atoms with Crippen molar-refractivity contribution in [1.82, 2.24) is 0 Å². The summed E-state index contributed by atoms with van der Waals surface area (Å²) in [6, 6.07) is 5.39. The van der Waals surface area contributed by atoms with Crippen LogP contribution in [0.1, 0.15) is 38.8 Å². The largest absolute Gasteiger partial charge is 0.496 e. The first-order valence-electron chi connectivity index (χ1n) is 8.24. The van der Waals surface area contributed by atoms with Crippen molar-refractivity contribution in [3.63, 3.8) is 0 Å². The predicted octanol–water partition coefficient (Wildman–Crippen LogP) is 2.30. The maximum atomic E-state index is 11.0. The van der Waals surface area contributed by atoms with Gasteiger partial charge in [-0.3, -0.25) is 4.79 Å². The minimum Gasteiger partial charge on any atom is -0.496 e. The van der Waals surface area contributed by atoms with E-state index in [0.29, 0.717) is 11.3 Å². The normalized spacial score (nSPS) is 19.1. The SMILES string of the molecule is COc1ccc(C=C(CN)B2OC(C)(C)C(C)(C)O2)cc1CC(=O)O.